The van der Waals surface area contributed by atoms with Crippen LogP contribution < -0.4 is 14.8 Å². The highest BCUT2D eigenvalue weighted by Crippen LogP contribution is 2.39. The van der Waals surface area contributed by atoms with Crippen molar-refractivity contribution < 1.29 is 19.1 Å². The molecule has 3 aromatic rings. The summed E-state index contributed by atoms with van der Waals surface area (Å²) in [4.78, 5) is 34.0. The summed E-state index contributed by atoms with van der Waals surface area (Å²) < 4.78 is 12.1. The molecule has 28 heavy (non-hydrogen) atoms. The topological polar surface area (TPSA) is 108 Å². The van der Waals surface area contributed by atoms with Crippen molar-refractivity contribution in [3.8, 4) is 17.4 Å². The molecule has 0 radical (unpaired) electrons. The molecule has 4 heterocycles. The van der Waals surface area contributed by atoms with E-state index in [0.29, 0.717) is 40.1 Å². The molecule has 0 bridgehead atoms. The number of hydrogen-bond acceptors (Lipinski definition) is 7. The molecule has 2 aromatic heterocycles. The number of ketones is 1. The van der Waals surface area contributed by atoms with Gasteiger partial charge in [0.15, 0.2) is 17.3 Å². The van der Waals surface area contributed by atoms with Gasteiger partial charge in [0.25, 0.3) is 5.95 Å². The maximum absolute atomic E-state index is 13.3. The molecule has 1 amide bonds. The number of rotatable bonds is 3. The fourth-order valence-corrected chi connectivity index (χ4v) is 3.57. The summed E-state index contributed by atoms with van der Waals surface area (Å²) in [5, 5.41) is 7.27. The van der Waals surface area contributed by atoms with E-state index in [1.54, 1.807) is 43.6 Å². The van der Waals surface area contributed by atoms with E-state index in [2.05, 4.69) is 20.4 Å². The molecule has 2 aliphatic rings. The monoisotopic (exact) mass is 377 g/mol. The first-order valence-electron chi connectivity index (χ1n) is 8.72. The van der Waals surface area contributed by atoms with Crippen molar-refractivity contribution >= 4 is 17.5 Å². The van der Waals surface area contributed by atoms with Crippen molar-refractivity contribution in [3.63, 3.8) is 0 Å². The number of anilines is 1. The highest BCUT2D eigenvalue weighted by Gasteiger charge is 2.37. The fourth-order valence-electron chi connectivity index (χ4n) is 3.57. The number of nitrogens with zero attached hydrogens (tertiary/aromatic N) is 4. The molecule has 140 valence electrons. The molecule has 0 aliphatic carbocycles. The van der Waals surface area contributed by atoms with E-state index < -0.39 is 5.92 Å². The van der Waals surface area contributed by atoms with Gasteiger partial charge in [-0.15, -0.1) is 0 Å². The SMILES string of the molecule is Cc1nn(-c2ncccn2)c2c1[C@H](C(=O)c1ccc3c(c1)OCO3)CC(=O)N2. The van der Waals surface area contributed by atoms with Gasteiger partial charge in [0.2, 0.25) is 12.7 Å². The van der Waals surface area contributed by atoms with E-state index in [0.717, 1.165) is 0 Å². The van der Waals surface area contributed by atoms with Crippen molar-refractivity contribution in [1.29, 1.82) is 0 Å². The van der Waals surface area contributed by atoms with Gasteiger partial charge >= 0.3 is 0 Å². The second-order valence-electron chi connectivity index (χ2n) is 6.55. The smallest absolute Gasteiger partial charge is 0.252 e. The highest BCUT2D eigenvalue weighted by atomic mass is 16.7. The number of benzene rings is 1. The van der Waals surface area contributed by atoms with E-state index in [4.69, 9.17) is 9.47 Å². The Morgan fingerprint density at radius 3 is 2.82 bits per heavy atom. The fraction of sp³-hybridized carbons (Fsp3) is 0.211. The zero-order valence-electron chi connectivity index (χ0n) is 14.9. The third-order valence-electron chi connectivity index (χ3n) is 4.82. The molecule has 5 rings (SSSR count). The predicted octanol–water partition coefficient (Wildman–Crippen LogP) is 2.01. The molecule has 1 atom stereocenters. The molecule has 0 saturated heterocycles. The number of nitrogens with one attached hydrogen (secondary N) is 1. The van der Waals surface area contributed by atoms with Crippen LogP contribution in [0, 0.1) is 6.92 Å². The minimum absolute atomic E-state index is 0.0441. The number of carbonyl (C=O) groups is 2. The average Bonchev–Trinajstić information content (AvgIpc) is 3.31. The van der Waals surface area contributed by atoms with Crippen LogP contribution in [-0.2, 0) is 4.79 Å². The van der Waals surface area contributed by atoms with Crippen LogP contribution >= 0.6 is 0 Å². The lowest BCUT2D eigenvalue weighted by molar-refractivity contribution is -0.116. The predicted molar refractivity (Wildman–Crippen MR) is 96.8 cm³/mol. The van der Waals surface area contributed by atoms with E-state index in [9.17, 15) is 9.59 Å². The average molecular weight is 377 g/mol. The van der Waals surface area contributed by atoms with Gasteiger partial charge in [-0.2, -0.15) is 9.78 Å². The minimum atomic E-state index is -0.651. The van der Waals surface area contributed by atoms with E-state index >= 15 is 0 Å². The zero-order chi connectivity index (χ0) is 19.3. The zero-order valence-corrected chi connectivity index (χ0v) is 14.9. The Bertz CT molecular complexity index is 1110. The molecule has 0 spiro atoms. The summed E-state index contributed by atoms with van der Waals surface area (Å²) in [6.07, 6.45) is 3.22. The highest BCUT2D eigenvalue weighted by molar-refractivity contribution is 6.08. The normalized spacial score (nSPS) is 17.2. The maximum Gasteiger partial charge on any atom is 0.252 e. The van der Waals surface area contributed by atoms with Gasteiger partial charge in [-0.25, -0.2) is 9.97 Å². The lowest BCUT2D eigenvalue weighted by atomic mass is 9.85. The van der Waals surface area contributed by atoms with Crippen LogP contribution in [0.25, 0.3) is 5.95 Å². The van der Waals surface area contributed by atoms with E-state index in [-0.39, 0.29) is 24.9 Å². The van der Waals surface area contributed by atoms with Crippen molar-refractivity contribution in [1.82, 2.24) is 19.7 Å². The second kappa shape index (κ2) is 6.15. The lowest BCUT2D eigenvalue weighted by Crippen LogP contribution is -2.28. The van der Waals surface area contributed by atoms with Crippen molar-refractivity contribution in [2.45, 2.75) is 19.3 Å². The number of hydrogen-bond donors (Lipinski definition) is 1. The van der Waals surface area contributed by atoms with Gasteiger partial charge in [0, 0.05) is 29.9 Å². The first-order valence-corrected chi connectivity index (χ1v) is 8.72. The summed E-state index contributed by atoms with van der Waals surface area (Å²) in [5.74, 6) is 0.791. The summed E-state index contributed by atoms with van der Waals surface area (Å²) in [6, 6.07) is 6.73. The quantitative estimate of drug-likeness (QED) is 0.696. The van der Waals surface area contributed by atoms with Crippen LogP contribution in [0.4, 0.5) is 5.82 Å². The van der Waals surface area contributed by atoms with Gasteiger partial charge in [0.05, 0.1) is 11.6 Å². The Labute approximate surface area is 159 Å². The third kappa shape index (κ3) is 2.51. The lowest BCUT2D eigenvalue weighted by Gasteiger charge is -2.23. The number of fused-ring (bicyclic) bond motifs is 2. The largest absolute Gasteiger partial charge is 0.454 e. The summed E-state index contributed by atoms with van der Waals surface area (Å²) in [6.45, 7) is 1.93. The van der Waals surface area contributed by atoms with Gasteiger partial charge in [-0.05, 0) is 31.2 Å². The molecule has 2 aliphatic heterocycles. The van der Waals surface area contributed by atoms with Crippen LogP contribution in [-0.4, -0.2) is 38.2 Å². The Balaban J connectivity index is 1.59. The number of aryl methyl sites for hydroxylation is 1. The van der Waals surface area contributed by atoms with Crippen LogP contribution in [0.15, 0.2) is 36.7 Å². The Morgan fingerprint density at radius 2 is 2.00 bits per heavy atom. The van der Waals surface area contributed by atoms with Crippen molar-refractivity contribution in [2.24, 2.45) is 0 Å². The van der Waals surface area contributed by atoms with E-state index in [1.807, 2.05) is 0 Å². The summed E-state index contributed by atoms with van der Waals surface area (Å²) in [5.41, 5.74) is 1.77. The number of carbonyl (C=O) groups excluding carboxylic acids is 2. The second-order valence-corrected chi connectivity index (χ2v) is 6.55. The molecular formula is C19H15N5O4. The molecule has 1 N–H and O–H groups in total. The van der Waals surface area contributed by atoms with Crippen LogP contribution in [0.3, 0.4) is 0 Å². The first kappa shape index (κ1) is 16.4. The number of ether oxygens (including phenoxy) is 2. The number of aromatic nitrogens is 4. The Kier molecular flexibility index (Phi) is 3.61. The van der Waals surface area contributed by atoms with Gasteiger partial charge in [-0.3, -0.25) is 9.59 Å². The van der Waals surface area contributed by atoms with E-state index in [1.165, 1.54) is 4.68 Å². The molecule has 9 heteroatoms. The molecule has 0 saturated carbocycles. The number of amides is 1. The van der Waals surface area contributed by atoms with Crippen LogP contribution in [0.5, 0.6) is 11.5 Å². The van der Waals surface area contributed by atoms with Crippen LogP contribution in [0.1, 0.15) is 34.0 Å². The van der Waals surface area contributed by atoms with Gasteiger partial charge in [-0.1, -0.05) is 0 Å². The molecular weight excluding hydrogens is 362 g/mol. The molecule has 0 fully saturated rings. The van der Waals surface area contributed by atoms with Crippen molar-refractivity contribution in [2.75, 3.05) is 12.1 Å². The van der Waals surface area contributed by atoms with Crippen LogP contribution in [0.2, 0.25) is 0 Å². The molecule has 9 nitrogen and oxygen atoms in total. The maximum atomic E-state index is 13.3. The van der Waals surface area contributed by atoms with Crippen molar-refractivity contribution in [3.05, 3.63) is 53.5 Å². The Hall–Kier alpha value is -3.75. The standard InChI is InChI=1S/C19H15N5O4/c1-10-16-12(17(26)11-3-4-13-14(7-11)28-9-27-13)8-15(25)22-18(16)24(23-10)19-20-5-2-6-21-19/h2-7,12H,8-9H2,1H3,(H,22,25)/t12-/m1/s1. The van der Waals surface area contributed by atoms with Gasteiger partial charge in [0.1, 0.15) is 5.82 Å². The third-order valence-corrected chi connectivity index (χ3v) is 4.82. The molecule has 0 unspecified atom stereocenters. The Morgan fingerprint density at radius 1 is 1.21 bits per heavy atom. The minimum Gasteiger partial charge on any atom is -0.454 e. The first-order chi connectivity index (χ1) is 13.6. The molecule has 1 aromatic carbocycles. The summed E-state index contributed by atoms with van der Waals surface area (Å²) >= 11 is 0. The van der Waals surface area contributed by atoms with Gasteiger partial charge < -0.3 is 14.8 Å². The summed E-state index contributed by atoms with van der Waals surface area (Å²) in [7, 11) is 0. The number of Topliss-reactive ketones (excluding diaryl/α,β-unsaturated/α-hetero) is 1.